The molecule has 0 unspecified atom stereocenters. The average molecular weight is 481 g/mol. The number of rotatable bonds is 5. The number of ether oxygens (including phenoxy) is 1. The van der Waals surface area contributed by atoms with Crippen molar-refractivity contribution in [3.8, 4) is 0 Å². The lowest BCUT2D eigenvalue weighted by molar-refractivity contribution is -0.120. The summed E-state index contributed by atoms with van der Waals surface area (Å²) in [6.45, 7) is 0.470. The van der Waals surface area contributed by atoms with Gasteiger partial charge in [-0.3, -0.25) is 4.79 Å². The molecule has 0 aromatic heterocycles. The number of carbonyl (C=O) groups excluding carboxylic acids is 2. The van der Waals surface area contributed by atoms with Crippen molar-refractivity contribution in [3.63, 3.8) is 0 Å². The molecular weight excluding hydrogens is 460 g/mol. The Bertz CT molecular complexity index is 1000. The highest BCUT2D eigenvalue weighted by atomic mass is 79.9. The molecule has 1 aliphatic rings. The van der Waals surface area contributed by atoms with Gasteiger partial charge in [0.2, 0.25) is 15.9 Å². The number of piperidine rings is 1. The summed E-state index contributed by atoms with van der Waals surface area (Å²) in [5.41, 5.74) is 0.864. The lowest BCUT2D eigenvalue weighted by atomic mass is 9.97. The monoisotopic (exact) mass is 480 g/mol. The third-order valence-corrected chi connectivity index (χ3v) is 7.43. The molecule has 0 aliphatic carbocycles. The number of methoxy groups -OCH3 is 1. The maximum Gasteiger partial charge on any atom is 0.339 e. The molecule has 154 valence electrons. The van der Waals surface area contributed by atoms with Crippen molar-refractivity contribution in [1.29, 1.82) is 0 Å². The molecule has 0 atom stereocenters. The SMILES string of the molecule is COC(=O)c1cc(S(=O)(=O)N2CCC(C(=O)Nc3ccccc3)CC2)ccc1Br. The van der Waals surface area contributed by atoms with E-state index in [1.165, 1.54) is 29.6 Å². The van der Waals surface area contributed by atoms with Crippen LogP contribution in [-0.2, 0) is 19.6 Å². The van der Waals surface area contributed by atoms with Crippen LogP contribution < -0.4 is 5.32 Å². The molecule has 0 radical (unpaired) electrons. The number of sulfonamides is 1. The number of para-hydroxylation sites is 1. The first kappa shape index (κ1) is 21.5. The van der Waals surface area contributed by atoms with Crippen molar-refractivity contribution in [2.75, 3.05) is 25.5 Å². The third kappa shape index (κ3) is 4.85. The number of nitrogens with zero attached hydrogens (tertiary/aromatic N) is 1. The topological polar surface area (TPSA) is 92.8 Å². The lowest BCUT2D eigenvalue weighted by Crippen LogP contribution is -2.41. The Morgan fingerprint density at radius 1 is 1.10 bits per heavy atom. The predicted octanol–water partition coefficient (Wildman–Crippen LogP) is 3.28. The minimum Gasteiger partial charge on any atom is -0.465 e. The van der Waals surface area contributed by atoms with Crippen LogP contribution in [0, 0.1) is 5.92 Å². The van der Waals surface area contributed by atoms with Crippen LogP contribution in [0.3, 0.4) is 0 Å². The summed E-state index contributed by atoms with van der Waals surface area (Å²) in [5.74, 6) is -0.979. The number of amides is 1. The molecule has 0 saturated carbocycles. The molecule has 2 aromatic carbocycles. The molecule has 7 nitrogen and oxygen atoms in total. The van der Waals surface area contributed by atoms with Gasteiger partial charge >= 0.3 is 5.97 Å². The quantitative estimate of drug-likeness (QED) is 0.662. The summed E-state index contributed by atoms with van der Waals surface area (Å²) in [6.07, 6.45) is 0.858. The van der Waals surface area contributed by atoms with Gasteiger partial charge in [-0.1, -0.05) is 18.2 Å². The molecule has 1 amide bonds. The lowest BCUT2D eigenvalue weighted by Gasteiger charge is -2.30. The standard InChI is InChI=1S/C20H21BrN2O5S/c1-28-20(25)17-13-16(7-8-18(17)21)29(26,27)23-11-9-14(10-12-23)19(24)22-15-5-3-2-4-6-15/h2-8,13-14H,9-12H2,1H3,(H,22,24). The summed E-state index contributed by atoms with van der Waals surface area (Å²) in [4.78, 5) is 24.3. The number of carbonyl (C=O) groups is 2. The van der Waals surface area contributed by atoms with E-state index in [1.54, 1.807) is 0 Å². The molecule has 29 heavy (non-hydrogen) atoms. The highest BCUT2D eigenvalue weighted by Gasteiger charge is 2.32. The van der Waals surface area contributed by atoms with E-state index in [1.807, 2.05) is 30.3 Å². The van der Waals surface area contributed by atoms with Crippen molar-refractivity contribution in [2.45, 2.75) is 17.7 Å². The van der Waals surface area contributed by atoms with Crippen LogP contribution in [-0.4, -0.2) is 44.8 Å². The molecule has 1 saturated heterocycles. The maximum atomic E-state index is 13.0. The highest BCUT2D eigenvalue weighted by Crippen LogP contribution is 2.27. The van der Waals surface area contributed by atoms with Gasteiger partial charge in [0.05, 0.1) is 17.6 Å². The van der Waals surface area contributed by atoms with Crippen LogP contribution in [0.4, 0.5) is 5.69 Å². The summed E-state index contributed by atoms with van der Waals surface area (Å²) in [5, 5.41) is 2.87. The Hall–Kier alpha value is -2.23. The average Bonchev–Trinajstić information content (AvgIpc) is 2.74. The molecule has 2 aromatic rings. The summed E-state index contributed by atoms with van der Waals surface area (Å²) < 4.78 is 32.5. The molecule has 9 heteroatoms. The fourth-order valence-corrected chi connectivity index (χ4v) is 5.11. The molecule has 0 bridgehead atoms. The first-order chi connectivity index (χ1) is 13.8. The maximum absolute atomic E-state index is 13.0. The second kappa shape index (κ2) is 9.06. The number of nitrogens with one attached hydrogen (secondary N) is 1. The Labute approximate surface area is 178 Å². The Kier molecular flexibility index (Phi) is 6.71. The van der Waals surface area contributed by atoms with Gasteiger partial charge < -0.3 is 10.1 Å². The van der Waals surface area contributed by atoms with Gasteiger partial charge in [0.15, 0.2) is 0 Å². The van der Waals surface area contributed by atoms with Crippen molar-refractivity contribution in [2.24, 2.45) is 5.92 Å². The number of halogens is 1. The van der Waals surface area contributed by atoms with E-state index < -0.39 is 16.0 Å². The van der Waals surface area contributed by atoms with E-state index in [9.17, 15) is 18.0 Å². The fraction of sp³-hybridized carbons (Fsp3) is 0.300. The smallest absolute Gasteiger partial charge is 0.339 e. The van der Waals surface area contributed by atoms with Crippen LogP contribution in [0.1, 0.15) is 23.2 Å². The molecule has 1 heterocycles. The van der Waals surface area contributed by atoms with E-state index in [-0.39, 0.29) is 35.4 Å². The zero-order chi connectivity index (χ0) is 21.0. The van der Waals surface area contributed by atoms with Gasteiger partial charge in [-0.15, -0.1) is 0 Å². The van der Waals surface area contributed by atoms with E-state index >= 15 is 0 Å². The fourth-order valence-electron chi connectivity index (χ4n) is 3.20. The van der Waals surface area contributed by atoms with E-state index in [0.29, 0.717) is 17.3 Å². The van der Waals surface area contributed by atoms with E-state index in [2.05, 4.69) is 21.2 Å². The molecule has 3 rings (SSSR count). The van der Waals surface area contributed by atoms with Crippen molar-refractivity contribution in [3.05, 3.63) is 58.6 Å². The molecule has 1 fully saturated rings. The van der Waals surface area contributed by atoms with E-state index in [4.69, 9.17) is 4.74 Å². The predicted molar refractivity (Wildman–Crippen MR) is 112 cm³/mol. The van der Waals surface area contributed by atoms with Crippen LogP contribution >= 0.6 is 15.9 Å². The minimum atomic E-state index is -3.78. The number of hydrogen-bond acceptors (Lipinski definition) is 5. The summed E-state index contributed by atoms with van der Waals surface area (Å²) in [7, 11) is -2.54. The van der Waals surface area contributed by atoms with Gasteiger partial charge in [-0.2, -0.15) is 4.31 Å². The largest absolute Gasteiger partial charge is 0.465 e. The summed E-state index contributed by atoms with van der Waals surface area (Å²) in [6, 6.07) is 13.4. The van der Waals surface area contributed by atoms with Crippen molar-refractivity contribution >= 4 is 43.5 Å². The normalized spacial score (nSPS) is 15.7. The number of benzene rings is 2. The molecular formula is C20H21BrN2O5S. The number of esters is 1. The molecule has 1 N–H and O–H groups in total. The Balaban J connectivity index is 1.68. The second-order valence-corrected chi connectivity index (χ2v) is 9.46. The van der Waals surface area contributed by atoms with E-state index in [0.717, 1.165) is 5.69 Å². The second-order valence-electron chi connectivity index (χ2n) is 6.67. The molecule has 0 spiro atoms. The first-order valence-electron chi connectivity index (χ1n) is 9.07. The van der Waals surface area contributed by atoms with Crippen molar-refractivity contribution < 1.29 is 22.7 Å². The van der Waals surface area contributed by atoms with Crippen LogP contribution in [0.15, 0.2) is 57.9 Å². The van der Waals surface area contributed by atoms with Gasteiger partial charge in [0.25, 0.3) is 0 Å². The van der Waals surface area contributed by atoms with Crippen LogP contribution in [0.2, 0.25) is 0 Å². The summed E-state index contributed by atoms with van der Waals surface area (Å²) >= 11 is 3.23. The van der Waals surface area contributed by atoms with Crippen LogP contribution in [0.25, 0.3) is 0 Å². The van der Waals surface area contributed by atoms with Gasteiger partial charge in [0.1, 0.15) is 0 Å². The highest BCUT2D eigenvalue weighted by molar-refractivity contribution is 9.10. The zero-order valence-corrected chi connectivity index (χ0v) is 18.2. The number of hydrogen-bond donors (Lipinski definition) is 1. The number of anilines is 1. The van der Waals surface area contributed by atoms with Gasteiger partial charge in [-0.05, 0) is 59.1 Å². The van der Waals surface area contributed by atoms with Crippen molar-refractivity contribution in [1.82, 2.24) is 4.31 Å². The Morgan fingerprint density at radius 2 is 1.76 bits per heavy atom. The van der Waals surface area contributed by atoms with Gasteiger partial charge in [0, 0.05) is 29.2 Å². The minimum absolute atomic E-state index is 0.0216. The first-order valence-corrected chi connectivity index (χ1v) is 11.3. The Morgan fingerprint density at radius 3 is 2.38 bits per heavy atom. The molecule has 1 aliphatic heterocycles. The van der Waals surface area contributed by atoms with Gasteiger partial charge in [-0.25, -0.2) is 13.2 Å². The third-order valence-electron chi connectivity index (χ3n) is 4.85. The van der Waals surface area contributed by atoms with Crippen LogP contribution in [0.5, 0.6) is 0 Å². The zero-order valence-electron chi connectivity index (χ0n) is 15.8.